The lowest BCUT2D eigenvalue weighted by molar-refractivity contribution is 0.318. The van der Waals surface area contributed by atoms with Crippen LogP contribution < -0.4 is 4.74 Å². The quantitative estimate of drug-likeness (QED) is 0.769. The van der Waals surface area contributed by atoms with Gasteiger partial charge in [0.15, 0.2) is 11.5 Å². The summed E-state index contributed by atoms with van der Waals surface area (Å²) in [6, 6.07) is 11.7. The number of aliphatic imine (C=N–C) groups is 2. The van der Waals surface area contributed by atoms with Gasteiger partial charge in [0.1, 0.15) is 0 Å². The molecule has 0 amide bonds. The molecule has 124 valence electrons. The average Bonchev–Trinajstić information content (AvgIpc) is 2.58. The molecular weight excluding hydrogens is 368 g/mol. The molecule has 4 nitrogen and oxygen atoms in total. The summed E-state index contributed by atoms with van der Waals surface area (Å²) in [7, 11) is 0. The Morgan fingerprint density at radius 2 is 2.21 bits per heavy atom. The van der Waals surface area contributed by atoms with Gasteiger partial charge in [-0.15, -0.1) is 0 Å². The maximum absolute atomic E-state index is 9.93. The molecule has 0 saturated heterocycles. The van der Waals surface area contributed by atoms with E-state index in [1.807, 2.05) is 31.5 Å². The Bertz CT molecular complexity index is 787. The molecule has 0 radical (unpaired) electrons. The summed E-state index contributed by atoms with van der Waals surface area (Å²) in [5.41, 5.74) is 3.41. The number of ether oxygens (including phenoxy) is 1. The molecular formula is C19H19BrN2O2. The van der Waals surface area contributed by atoms with Crippen LogP contribution in [-0.2, 0) is 13.1 Å². The fourth-order valence-electron chi connectivity index (χ4n) is 2.69. The number of benzene rings is 2. The van der Waals surface area contributed by atoms with Gasteiger partial charge in [0.05, 0.1) is 25.6 Å². The van der Waals surface area contributed by atoms with Crippen LogP contribution in [0.2, 0.25) is 0 Å². The zero-order valence-corrected chi connectivity index (χ0v) is 15.0. The van der Waals surface area contributed by atoms with E-state index in [1.54, 1.807) is 12.1 Å². The molecule has 1 unspecified atom stereocenters. The van der Waals surface area contributed by atoms with E-state index in [2.05, 4.69) is 38.0 Å². The average molecular weight is 387 g/mol. The summed E-state index contributed by atoms with van der Waals surface area (Å²) in [6.45, 7) is 3.65. The molecule has 2 aromatic rings. The fourth-order valence-corrected chi connectivity index (χ4v) is 3.07. The lowest BCUT2D eigenvalue weighted by Gasteiger charge is -2.17. The second-order valence-corrected chi connectivity index (χ2v) is 6.50. The minimum Gasteiger partial charge on any atom is -0.504 e. The van der Waals surface area contributed by atoms with Crippen molar-refractivity contribution >= 4 is 28.4 Å². The van der Waals surface area contributed by atoms with Crippen LogP contribution in [0.1, 0.15) is 29.5 Å². The number of fused-ring (bicyclic) bond motifs is 1. The highest BCUT2D eigenvalue weighted by Gasteiger charge is 2.15. The van der Waals surface area contributed by atoms with E-state index < -0.39 is 0 Å². The van der Waals surface area contributed by atoms with Gasteiger partial charge in [-0.1, -0.05) is 28.1 Å². The second-order valence-electron chi connectivity index (χ2n) is 5.58. The molecule has 1 N–H and O–H groups in total. The van der Waals surface area contributed by atoms with Crippen molar-refractivity contribution in [3.05, 3.63) is 57.6 Å². The van der Waals surface area contributed by atoms with E-state index in [1.165, 1.54) is 11.1 Å². The Morgan fingerprint density at radius 3 is 3.00 bits per heavy atom. The number of rotatable bonds is 5. The highest BCUT2D eigenvalue weighted by molar-refractivity contribution is 9.10. The molecule has 0 bridgehead atoms. The van der Waals surface area contributed by atoms with Crippen molar-refractivity contribution in [1.29, 1.82) is 0 Å². The van der Waals surface area contributed by atoms with Gasteiger partial charge in [-0.2, -0.15) is 0 Å². The standard InChI is InChI=1S/C19H19BrN2O2/c1-2-24-19-6-3-13(7-18(19)23)9-21-11-15-12-22-10-14-4-5-16(20)8-17(14)15/h3-8,11-12,15,23H,2,9-10H2,1H3. The minimum absolute atomic E-state index is 0.0857. The van der Waals surface area contributed by atoms with Crippen LogP contribution in [0.15, 0.2) is 50.9 Å². The van der Waals surface area contributed by atoms with E-state index in [0.29, 0.717) is 18.9 Å². The van der Waals surface area contributed by atoms with Crippen molar-refractivity contribution in [3.63, 3.8) is 0 Å². The summed E-state index contributed by atoms with van der Waals surface area (Å²) >= 11 is 3.52. The van der Waals surface area contributed by atoms with Gasteiger partial charge in [-0.05, 0) is 47.9 Å². The molecule has 24 heavy (non-hydrogen) atoms. The van der Waals surface area contributed by atoms with Crippen molar-refractivity contribution in [3.8, 4) is 11.5 Å². The monoisotopic (exact) mass is 386 g/mol. The van der Waals surface area contributed by atoms with Crippen LogP contribution in [0.5, 0.6) is 11.5 Å². The van der Waals surface area contributed by atoms with Crippen LogP contribution in [0.25, 0.3) is 0 Å². The van der Waals surface area contributed by atoms with Gasteiger partial charge in [0, 0.05) is 16.9 Å². The first-order valence-electron chi connectivity index (χ1n) is 7.90. The zero-order chi connectivity index (χ0) is 16.9. The Labute approximate surface area is 150 Å². The van der Waals surface area contributed by atoms with Gasteiger partial charge in [0.2, 0.25) is 0 Å². The number of halogens is 1. The van der Waals surface area contributed by atoms with E-state index in [0.717, 1.165) is 16.6 Å². The predicted octanol–water partition coefficient (Wildman–Crippen LogP) is 4.49. The molecule has 0 aromatic heterocycles. The number of nitrogens with zero attached hydrogens (tertiary/aromatic N) is 2. The van der Waals surface area contributed by atoms with Gasteiger partial charge in [-0.3, -0.25) is 9.98 Å². The second kappa shape index (κ2) is 7.62. The number of phenols is 1. The molecule has 0 spiro atoms. The number of phenolic OH excluding ortho intramolecular Hbond substituents is 1. The van der Waals surface area contributed by atoms with Gasteiger partial charge < -0.3 is 9.84 Å². The summed E-state index contributed by atoms with van der Waals surface area (Å²) < 4.78 is 6.39. The molecule has 1 atom stereocenters. The Morgan fingerprint density at radius 1 is 1.33 bits per heavy atom. The summed E-state index contributed by atoms with van der Waals surface area (Å²) in [6.07, 6.45) is 3.86. The maximum atomic E-state index is 9.93. The SMILES string of the molecule is CCOc1ccc(CN=CC2C=NCc3ccc(Br)cc32)cc1O. The predicted molar refractivity (Wildman–Crippen MR) is 101 cm³/mol. The smallest absolute Gasteiger partial charge is 0.160 e. The lowest BCUT2D eigenvalue weighted by Crippen LogP contribution is -2.10. The first-order valence-corrected chi connectivity index (χ1v) is 8.69. The molecule has 0 saturated carbocycles. The third kappa shape index (κ3) is 3.85. The van der Waals surface area contributed by atoms with Gasteiger partial charge in [-0.25, -0.2) is 0 Å². The van der Waals surface area contributed by atoms with Crippen molar-refractivity contribution in [1.82, 2.24) is 0 Å². The summed E-state index contributed by atoms with van der Waals surface area (Å²) in [5.74, 6) is 0.740. The fraction of sp³-hybridized carbons (Fsp3) is 0.263. The van der Waals surface area contributed by atoms with Crippen molar-refractivity contribution < 1.29 is 9.84 Å². The Hall–Kier alpha value is -2.14. The van der Waals surface area contributed by atoms with E-state index >= 15 is 0 Å². The van der Waals surface area contributed by atoms with Crippen LogP contribution in [0.4, 0.5) is 0 Å². The maximum Gasteiger partial charge on any atom is 0.160 e. The Balaban J connectivity index is 1.71. The first kappa shape index (κ1) is 16.7. The lowest BCUT2D eigenvalue weighted by atomic mass is 9.94. The highest BCUT2D eigenvalue weighted by Crippen LogP contribution is 2.28. The topological polar surface area (TPSA) is 54.2 Å². The molecule has 5 heteroatoms. The van der Waals surface area contributed by atoms with E-state index in [9.17, 15) is 5.11 Å². The molecule has 2 aromatic carbocycles. The number of aromatic hydroxyl groups is 1. The van der Waals surface area contributed by atoms with Crippen LogP contribution in [-0.4, -0.2) is 24.1 Å². The largest absolute Gasteiger partial charge is 0.504 e. The number of hydrogen-bond donors (Lipinski definition) is 1. The summed E-state index contributed by atoms with van der Waals surface area (Å²) in [4.78, 5) is 8.94. The van der Waals surface area contributed by atoms with E-state index in [4.69, 9.17) is 4.74 Å². The molecule has 1 aliphatic rings. The van der Waals surface area contributed by atoms with E-state index in [-0.39, 0.29) is 11.7 Å². The van der Waals surface area contributed by atoms with Crippen molar-refractivity contribution in [2.45, 2.75) is 25.9 Å². The zero-order valence-electron chi connectivity index (χ0n) is 13.4. The third-order valence-corrected chi connectivity index (χ3v) is 4.35. The molecule has 0 fully saturated rings. The molecule has 1 aliphatic heterocycles. The molecule has 3 rings (SSSR count). The van der Waals surface area contributed by atoms with Crippen LogP contribution in [0.3, 0.4) is 0 Å². The van der Waals surface area contributed by atoms with Crippen LogP contribution in [0, 0.1) is 0 Å². The molecule has 0 aliphatic carbocycles. The van der Waals surface area contributed by atoms with Crippen molar-refractivity contribution in [2.75, 3.05) is 6.61 Å². The summed E-state index contributed by atoms with van der Waals surface area (Å²) in [5, 5.41) is 9.93. The first-order chi connectivity index (χ1) is 11.7. The number of hydrogen-bond acceptors (Lipinski definition) is 4. The minimum atomic E-state index is 0.0857. The van der Waals surface area contributed by atoms with Crippen LogP contribution >= 0.6 is 15.9 Å². The van der Waals surface area contributed by atoms with Gasteiger partial charge >= 0.3 is 0 Å². The molecule has 1 heterocycles. The normalized spacial score (nSPS) is 16.3. The highest BCUT2D eigenvalue weighted by atomic mass is 79.9. The third-order valence-electron chi connectivity index (χ3n) is 3.86. The van der Waals surface area contributed by atoms with Gasteiger partial charge in [0.25, 0.3) is 0 Å². The Kier molecular flexibility index (Phi) is 5.30. The van der Waals surface area contributed by atoms with Crippen molar-refractivity contribution in [2.24, 2.45) is 9.98 Å².